The number of fused-ring (bicyclic) bond motifs is 1. The number of rotatable bonds is 6. The third-order valence-electron chi connectivity index (χ3n) is 5.62. The van der Waals surface area contributed by atoms with Crippen molar-refractivity contribution in [1.82, 2.24) is 20.1 Å². The zero-order chi connectivity index (χ0) is 21.9. The number of nitrogens with one attached hydrogen (secondary N) is 1. The Morgan fingerprint density at radius 3 is 2.69 bits per heavy atom. The van der Waals surface area contributed by atoms with E-state index >= 15 is 0 Å². The molecule has 5 rings (SSSR count). The molecule has 0 atom stereocenters. The molecule has 2 aromatic carbocycles. The van der Waals surface area contributed by atoms with Gasteiger partial charge in [-0.25, -0.2) is 4.98 Å². The van der Waals surface area contributed by atoms with Crippen molar-refractivity contribution in [3.8, 4) is 16.3 Å². The highest BCUT2D eigenvalue weighted by Crippen LogP contribution is 2.36. The standard InChI is InChI=1S/C23H23N5O2S2/c1-30-18-8-4-2-6-16(18)22-27-26-21(32-22)15-10-12-28(13-11-15)14-20(29)25-23-24-17-7-3-5-9-19(17)31-23/h2-9,15H,10-14H2,1H3,(H,24,25,29). The summed E-state index contributed by atoms with van der Waals surface area (Å²) in [7, 11) is 1.67. The molecule has 1 amide bonds. The lowest BCUT2D eigenvalue weighted by atomic mass is 9.98. The fraction of sp³-hybridized carbons (Fsp3) is 0.304. The summed E-state index contributed by atoms with van der Waals surface area (Å²) in [5.41, 5.74) is 1.89. The number of hydrogen-bond donors (Lipinski definition) is 1. The number of likely N-dealkylation sites (tertiary alicyclic amines) is 1. The second-order valence-corrected chi connectivity index (χ2v) is 9.77. The molecular formula is C23H23N5O2S2. The van der Waals surface area contributed by atoms with Crippen LogP contribution in [0.1, 0.15) is 23.8 Å². The molecule has 1 aliphatic rings. The van der Waals surface area contributed by atoms with Gasteiger partial charge < -0.3 is 10.1 Å². The van der Waals surface area contributed by atoms with Crippen LogP contribution in [0.5, 0.6) is 5.75 Å². The van der Waals surface area contributed by atoms with Crippen LogP contribution in [0.15, 0.2) is 48.5 Å². The van der Waals surface area contributed by atoms with Crippen LogP contribution in [0.25, 0.3) is 20.8 Å². The molecule has 0 aliphatic carbocycles. The second-order valence-electron chi connectivity index (χ2n) is 7.73. The lowest BCUT2D eigenvalue weighted by molar-refractivity contribution is -0.117. The Hall–Kier alpha value is -2.88. The maximum Gasteiger partial charge on any atom is 0.240 e. The zero-order valence-corrected chi connectivity index (χ0v) is 19.3. The third kappa shape index (κ3) is 4.50. The van der Waals surface area contributed by atoms with Crippen LogP contribution in [-0.2, 0) is 4.79 Å². The molecule has 1 aliphatic heterocycles. The predicted octanol–water partition coefficient (Wildman–Crippen LogP) is 4.64. The average molecular weight is 466 g/mol. The highest BCUT2D eigenvalue weighted by Gasteiger charge is 2.25. The number of nitrogens with zero attached hydrogens (tertiary/aromatic N) is 4. The molecule has 0 unspecified atom stereocenters. The summed E-state index contributed by atoms with van der Waals surface area (Å²) in [6.45, 7) is 2.11. The molecule has 1 fully saturated rings. The Labute approximate surface area is 194 Å². The molecule has 3 heterocycles. The Morgan fingerprint density at radius 1 is 1.09 bits per heavy atom. The number of amides is 1. The highest BCUT2D eigenvalue weighted by molar-refractivity contribution is 7.22. The van der Waals surface area contributed by atoms with E-state index in [4.69, 9.17) is 4.74 Å². The number of benzene rings is 2. The largest absolute Gasteiger partial charge is 0.496 e. The van der Waals surface area contributed by atoms with Crippen molar-refractivity contribution in [2.45, 2.75) is 18.8 Å². The lowest BCUT2D eigenvalue weighted by Crippen LogP contribution is -2.38. The number of para-hydroxylation sites is 2. The Balaban J connectivity index is 1.16. The summed E-state index contributed by atoms with van der Waals surface area (Å²) < 4.78 is 6.53. The molecule has 0 saturated carbocycles. The van der Waals surface area contributed by atoms with Gasteiger partial charge in [-0.3, -0.25) is 9.69 Å². The van der Waals surface area contributed by atoms with Crippen LogP contribution in [0, 0.1) is 0 Å². The Kier molecular flexibility index (Phi) is 6.11. The Bertz CT molecular complexity index is 1200. The van der Waals surface area contributed by atoms with Gasteiger partial charge in [0.05, 0.1) is 29.4 Å². The normalized spacial score (nSPS) is 15.2. The van der Waals surface area contributed by atoms with E-state index in [1.54, 1.807) is 18.4 Å². The van der Waals surface area contributed by atoms with E-state index in [1.165, 1.54) is 11.3 Å². The molecule has 4 aromatic rings. The molecule has 7 nitrogen and oxygen atoms in total. The van der Waals surface area contributed by atoms with E-state index in [2.05, 4.69) is 25.4 Å². The second kappa shape index (κ2) is 9.32. The van der Waals surface area contributed by atoms with Gasteiger partial charge in [-0.2, -0.15) is 0 Å². The molecule has 0 radical (unpaired) electrons. The van der Waals surface area contributed by atoms with E-state index < -0.39 is 0 Å². The number of carbonyl (C=O) groups excluding carboxylic acids is 1. The number of carbonyl (C=O) groups is 1. The van der Waals surface area contributed by atoms with Crippen molar-refractivity contribution in [2.24, 2.45) is 0 Å². The highest BCUT2D eigenvalue weighted by atomic mass is 32.1. The molecule has 164 valence electrons. The summed E-state index contributed by atoms with van der Waals surface area (Å²) in [6, 6.07) is 15.8. The fourth-order valence-electron chi connectivity index (χ4n) is 3.96. The SMILES string of the molecule is COc1ccccc1-c1nnc(C2CCN(CC(=O)Nc3nc4ccccc4s3)CC2)s1. The van der Waals surface area contributed by atoms with Gasteiger partial charge in [0.2, 0.25) is 5.91 Å². The van der Waals surface area contributed by atoms with E-state index in [-0.39, 0.29) is 5.91 Å². The van der Waals surface area contributed by atoms with Gasteiger partial charge in [0.1, 0.15) is 10.8 Å². The monoisotopic (exact) mass is 465 g/mol. The molecule has 0 spiro atoms. The van der Waals surface area contributed by atoms with Crippen molar-refractivity contribution < 1.29 is 9.53 Å². The molecule has 0 bridgehead atoms. The van der Waals surface area contributed by atoms with Gasteiger partial charge in [-0.15, -0.1) is 10.2 Å². The molecular weight excluding hydrogens is 442 g/mol. The number of ether oxygens (including phenoxy) is 1. The van der Waals surface area contributed by atoms with Gasteiger partial charge in [0, 0.05) is 5.92 Å². The van der Waals surface area contributed by atoms with E-state index in [0.717, 1.165) is 57.5 Å². The fourth-order valence-corrected chi connectivity index (χ4v) is 5.88. The maximum absolute atomic E-state index is 12.5. The number of anilines is 1. The van der Waals surface area contributed by atoms with Gasteiger partial charge in [-0.1, -0.05) is 46.9 Å². The number of aromatic nitrogens is 3. The first-order valence-corrected chi connectivity index (χ1v) is 12.2. The minimum Gasteiger partial charge on any atom is -0.496 e. The van der Waals surface area contributed by atoms with Crippen molar-refractivity contribution in [3.63, 3.8) is 0 Å². The molecule has 1 N–H and O–H groups in total. The van der Waals surface area contributed by atoms with Crippen LogP contribution in [-0.4, -0.2) is 52.7 Å². The zero-order valence-electron chi connectivity index (χ0n) is 17.7. The van der Waals surface area contributed by atoms with Crippen molar-refractivity contribution in [2.75, 3.05) is 32.1 Å². The third-order valence-corrected chi connectivity index (χ3v) is 7.69. The number of thiazole rings is 1. The van der Waals surface area contributed by atoms with Gasteiger partial charge in [0.15, 0.2) is 10.1 Å². The summed E-state index contributed by atoms with van der Waals surface area (Å²) in [4.78, 5) is 19.2. The van der Waals surface area contributed by atoms with Crippen LogP contribution >= 0.6 is 22.7 Å². The number of hydrogen-bond acceptors (Lipinski definition) is 8. The summed E-state index contributed by atoms with van der Waals surface area (Å²) in [6.07, 6.45) is 1.93. The van der Waals surface area contributed by atoms with Gasteiger partial charge >= 0.3 is 0 Å². The first kappa shape index (κ1) is 21.0. The molecule has 1 saturated heterocycles. The van der Waals surface area contributed by atoms with E-state index in [0.29, 0.717) is 17.6 Å². The first-order chi connectivity index (χ1) is 15.7. The van der Waals surface area contributed by atoms with Gasteiger partial charge in [0.25, 0.3) is 0 Å². The summed E-state index contributed by atoms with van der Waals surface area (Å²) in [5.74, 6) is 1.17. The minimum absolute atomic E-state index is 0.0168. The van der Waals surface area contributed by atoms with Crippen molar-refractivity contribution >= 4 is 43.9 Å². The summed E-state index contributed by atoms with van der Waals surface area (Å²) >= 11 is 3.14. The van der Waals surface area contributed by atoms with Crippen molar-refractivity contribution in [3.05, 3.63) is 53.5 Å². The smallest absolute Gasteiger partial charge is 0.240 e. The number of piperidine rings is 1. The van der Waals surface area contributed by atoms with Crippen LogP contribution in [0.4, 0.5) is 5.13 Å². The topological polar surface area (TPSA) is 80.2 Å². The lowest BCUT2D eigenvalue weighted by Gasteiger charge is -2.30. The number of methoxy groups -OCH3 is 1. The van der Waals surface area contributed by atoms with Crippen LogP contribution in [0.3, 0.4) is 0 Å². The van der Waals surface area contributed by atoms with Crippen molar-refractivity contribution in [1.29, 1.82) is 0 Å². The quantitative estimate of drug-likeness (QED) is 0.447. The van der Waals surface area contributed by atoms with Crippen LogP contribution < -0.4 is 10.1 Å². The molecule has 2 aromatic heterocycles. The first-order valence-electron chi connectivity index (χ1n) is 10.5. The predicted molar refractivity (Wildman–Crippen MR) is 129 cm³/mol. The maximum atomic E-state index is 12.5. The average Bonchev–Trinajstić information content (AvgIpc) is 3.46. The summed E-state index contributed by atoms with van der Waals surface area (Å²) in [5, 5.41) is 14.4. The van der Waals surface area contributed by atoms with E-state index in [9.17, 15) is 4.79 Å². The van der Waals surface area contributed by atoms with Gasteiger partial charge in [-0.05, 0) is 50.2 Å². The molecule has 32 heavy (non-hydrogen) atoms. The van der Waals surface area contributed by atoms with Crippen LogP contribution in [0.2, 0.25) is 0 Å². The molecule has 9 heteroatoms. The minimum atomic E-state index is -0.0168. The van der Waals surface area contributed by atoms with E-state index in [1.807, 2.05) is 48.5 Å². The Morgan fingerprint density at radius 2 is 1.88 bits per heavy atom.